The Bertz CT molecular complexity index is 897. The molecule has 1 aliphatic rings. The fourth-order valence-corrected chi connectivity index (χ4v) is 5.48. The Balaban J connectivity index is 1.93. The maximum atomic E-state index is 13.0. The second-order valence-corrected chi connectivity index (χ2v) is 8.86. The van der Waals surface area contributed by atoms with Crippen LogP contribution in [0.3, 0.4) is 0 Å². The molecule has 0 atom stereocenters. The van der Waals surface area contributed by atoms with Crippen LogP contribution in [-0.2, 0) is 27.2 Å². The summed E-state index contributed by atoms with van der Waals surface area (Å²) in [5.74, 6) is 0. The van der Waals surface area contributed by atoms with E-state index in [1.54, 1.807) is 25.6 Å². The first kappa shape index (κ1) is 19.1. The molecular formula is C19H27N3O3S. The van der Waals surface area contributed by atoms with Crippen LogP contribution < -0.4 is 4.72 Å². The van der Waals surface area contributed by atoms with Crippen molar-refractivity contribution in [2.75, 3.05) is 19.8 Å². The van der Waals surface area contributed by atoms with Crippen LogP contribution in [0.25, 0.3) is 0 Å². The number of sulfonamides is 1. The van der Waals surface area contributed by atoms with Crippen molar-refractivity contribution in [3.05, 3.63) is 46.8 Å². The van der Waals surface area contributed by atoms with Gasteiger partial charge in [0, 0.05) is 32.2 Å². The molecule has 1 aromatic carbocycles. The number of benzene rings is 1. The summed E-state index contributed by atoms with van der Waals surface area (Å²) in [6, 6.07) is 8.22. The van der Waals surface area contributed by atoms with E-state index < -0.39 is 10.0 Å². The number of nitrogens with one attached hydrogen (secondary N) is 1. The molecule has 0 aliphatic carbocycles. The van der Waals surface area contributed by atoms with Crippen molar-refractivity contribution in [1.29, 1.82) is 0 Å². The summed E-state index contributed by atoms with van der Waals surface area (Å²) in [6.45, 7) is 7.23. The average Bonchev–Trinajstić information content (AvgIpc) is 2.87. The van der Waals surface area contributed by atoms with Crippen molar-refractivity contribution in [3.8, 4) is 0 Å². The van der Waals surface area contributed by atoms with Gasteiger partial charge in [-0.05, 0) is 44.7 Å². The van der Waals surface area contributed by atoms with E-state index in [1.807, 2.05) is 12.1 Å². The molecule has 142 valence electrons. The van der Waals surface area contributed by atoms with Crippen LogP contribution in [0, 0.1) is 20.8 Å². The lowest BCUT2D eigenvalue weighted by Gasteiger charge is -2.38. The Morgan fingerprint density at radius 1 is 1.19 bits per heavy atom. The van der Waals surface area contributed by atoms with Gasteiger partial charge in [0.25, 0.3) is 0 Å². The first-order valence-electron chi connectivity index (χ1n) is 8.90. The topological polar surface area (TPSA) is 73.2 Å². The molecular weight excluding hydrogens is 350 g/mol. The van der Waals surface area contributed by atoms with E-state index in [4.69, 9.17) is 4.74 Å². The van der Waals surface area contributed by atoms with E-state index in [2.05, 4.69) is 28.9 Å². The summed E-state index contributed by atoms with van der Waals surface area (Å²) in [5, 5.41) is 4.24. The molecule has 1 saturated heterocycles. The molecule has 3 rings (SSSR count). The quantitative estimate of drug-likeness (QED) is 0.868. The lowest BCUT2D eigenvalue weighted by Crippen LogP contribution is -2.45. The first-order chi connectivity index (χ1) is 12.3. The van der Waals surface area contributed by atoms with Crippen LogP contribution in [-0.4, -0.2) is 38.0 Å². The Hall–Kier alpha value is -1.70. The van der Waals surface area contributed by atoms with Gasteiger partial charge in [-0.3, -0.25) is 4.68 Å². The Morgan fingerprint density at radius 3 is 2.42 bits per heavy atom. The largest absolute Gasteiger partial charge is 0.381 e. The van der Waals surface area contributed by atoms with Crippen LogP contribution in [0.1, 0.15) is 35.4 Å². The molecule has 7 heteroatoms. The molecule has 0 amide bonds. The second kappa shape index (κ2) is 7.13. The normalized spacial score (nSPS) is 17.4. The third-order valence-electron chi connectivity index (χ3n) is 5.48. The van der Waals surface area contributed by atoms with Crippen molar-refractivity contribution < 1.29 is 13.2 Å². The third-order valence-corrected chi connectivity index (χ3v) is 7.13. The molecule has 0 radical (unpaired) electrons. The monoisotopic (exact) mass is 377 g/mol. The van der Waals surface area contributed by atoms with Crippen LogP contribution in [0.4, 0.5) is 0 Å². The summed E-state index contributed by atoms with van der Waals surface area (Å²) in [7, 11) is -1.87. The molecule has 2 aromatic rings. The van der Waals surface area contributed by atoms with E-state index >= 15 is 0 Å². The zero-order valence-corrected chi connectivity index (χ0v) is 16.7. The van der Waals surface area contributed by atoms with Gasteiger partial charge in [0.2, 0.25) is 10.0 Å². The SMILES string of the molecule is Cc1ccccc1C1(CNS(=O)(=O)c2c(C)nn(C)c2C)CCOCC1. The van der Waals surface area contributed by atoms with Crippen LogP contribution in [0.2, 0.25) is 0 Å². The molecule has 0 unspecified atom stereocenters. The van der Waals surface area contributed by atoms with Gasteiger partial charge in [-0.2, -0.15) is 5.10 Å². The summed E-state index contributed by atoms with van der Waals surface area (Å²) in [6.07, 6.45) is 1.59. The Kier molecular flexibility index (Phi) is 5.23. The van der Waals surface area contributed by atoms with E-state index in [0.29, 0.717) is 31.1 Å². The van der Waals surface area contributed by atoms with Gasteiger partial charge >= 0.3 is 0 Å². The van der Waals surface area contributed by atoms with Gasteiger partial charge in [0.1, 0.15) is 4.90 Å². The van der Waals surface area contributed by atoms with E-state index in [0.717, 1.165) is 12.8 Å². The maximum absolute atomic E-state index is 13.0. The van der Waals surface area contributed by atoms with Crippen LogP contribution >= 0.6 is 0 Å². The number of hydrogen-bond donors (Lipinski definition) is 1. The molecule has 0 spiro atoms. The van der Waals surface area contributed by atoms with Gasteiger partial charge in [-0.1, -0.05) is 24.3 Å². The zero-order chi connectivity index (χ0) is 18.9. The predicted molar refractivity (Wildman–Crippen MR) is 101 cm³/mol. The van der Waals surface area contributed by atoms with Crippen LogP contribution in [0.15, 0.2) is 29.2 Å². The van der Waals surface area contributed by atoms with Gasteiger partial charge < -0.3 is 4.74 Å². The lowest BCUT2D eigenvalue weighted by atomic mass is 9.73. The lowest BCUT2D eigenvalue weighted by molar-refractivity contribution is 0.0515. The Labute approximate surface area is 155 Å². The van der Waals surface area contributed by atoms with Crippen LogP contribution in [0.5, 0.6) is 0 Å². The molecule has 26 heavy (non-hydrogen) atoms. The zero-order valence-electron chi connectivity index (χ0n) is 15.9. The number of ether oxygens (including phenoxy) is 1. The smallest absolute Gasteiger partial charge is 0.244 e. The number of aryl methyl sites for hydroxylation is 3. The highest BCUT2D eigenvalue weighted by Gasteiger charge is 2.37. The third kappa shape index (κ3) is 3.43. The van der Waals surface area contributed by atoms with Crippen molar-refractivity contribution in [2.24, 2.45) is 7.05 Å². The van der Waals surface area contributed by atoms with E-state index in [-0.39, 0.29) is 10.3 Å². The molecule has 6 nitrogen and oxygen atoms in total. The molecule has 1 aromatic heterocycles. The average molecular weight is 378 g/mol. The summed E-state index contributed by atoms with van der Waals surface area (Å²) in [4.78, 5) is 0.284. The fourth-order valence-electron chi connectivity index (χ4n) is 3.92. The molecule has 1 N–H and O–H groups in total. The number of aromatic nitrogens is 2. The fraction of sp³-hybridized carbons (Fsp3) is 0.526. The van der Waals surface area contributed by atoms with Crippen molar-refractivity contribution in [2.45, 2.75) is 43.9 Å². The molecule has 1 aliphatic heterocycles. The molecule has 0 saturated carbocycles. The predicted octanol–water partition coefficient (Wildman–Crippen LogP) is 2.37. The molecule has 0 bridgehead atoms. The minimum Gasteiger partial charge on any atom is -0.381 e. The number of nitrogens with zero attached hydrogens (tertiary/aromatic N) is 2. The highest BCUT2D eigenvalue weighted by molar-refractivity contribution is 7.89. The van der Waals surface area contributed by atoms with Crippen molar-refractivity contribution in [1.82, 2.24) is 14.5 Å². The molecule has 1 fully saturated rings. The number of rotatable bonds is 5. The molecule has 2 heterocycles. The van der Waals surface area contributed by atoms with Crippen molar-refractivity contribution in [3.63, 3.8) is 0 Å². The first-order valence-corrected chi connectivity index (χ1v) is 10.4. The summed E-state index contributed by atoms with van der Waals surface area (Å²) >= 11 is 0. The maximum Gasteiger partial charge on any atom is 0.244 e. The van der Waals surface area contributed by atoms with Crippen molar-refractivity contribution >= 4 is 10.0 Å². The minimum absolute atomic E-state index is 0.249. The standard InChI is InChI=1S/C19H27N3O3S/c1-14-7-5-6-8-17(14)19(9-11-25-12-10-19)13-20-26(23,24)18-15(2)21-22(4)16(18)3/h5-8,20H,9-13H2,1-4H3. The van der Waals surface area contributed by atoms with E-state index in [9.17, 15) is 8.42 Å². The summed E-state index contributed by atoms with van der Waals surface area (Å²) < 4.78 is 36.0. The van der Waals surface area contributed by atoms with Gasteiger partial charge in [0.15, 0.2) is 0 Å². The second-order valence-electron chi connectivity index (χ2n) is 7.16. The van der Waals surface area contributed by atoms with Gasteiger partial charge in [-0.15, -0.1) is 0 Å². The Morgan fingerprint density at radius 2 is 1.85 bits per heavy atom. The highest BCUT2D eigenvalue weighted by atomic mass is 32.2. The summed E-state index contributed by atoms with van der Waals surface area (Å²) in [5.41, 5.74) is 3.30. The van der Waals surface area contributed by atoms with E-state index in [1.165, 1.54) is 11.1 Å². The number of hydrogen-bond acceptors (Lipinski definition) is 4. The minimum atomic E-state index is -3.63. The van der Waals surface area contributed by atoms with Gasteiger partial charge in [0.05, 0.1) is 11.4 Å². The van der Waals surface area contributed by atoms with Gasteiger partial charge in [-0.25, -0.2) is 13.1 Å². The highest BCUT2D eigenvalue weighted by Crippen LogP contribution is 2.36.